The van der Waals surface area contributed by atoms with Crippen molar-refractivity contribution >= 4 is 28.1 Å². The number of hydrogen-bond acceptors (Lipinski definition) is 4. The number of nitro groups is 1. The molecule has 0 fully saturated rings. The maximum Gasteiger partial charge on any atom is 0.296 e. The van der Waals surface area contributed by atoms with Gasteiger partial charge in [-0.3, -0.25) is 14.9 Å². The van der Waals surface area contributed by atoms with Gasteiger partial charge in [0.15, 0.2) is 6.54 Å². The standard InChI is InChI=1S/C21H21N3O4/c1-23(13-15-7-8-16-5-3-4-6-17(16)11-15)14-21(25)22-19-10-9-18(28-2)12-20(19)24(26)27/h3-12H,13-14H2,1-2H3,(H,22,25)/p+1. The molecule has 2 N–H and O–H groups in total. The second-order valence-electron chi connectivity index (χ2n) is 6.68. The third-order valence-electron chi connectivity index (χ3n) is 4.46. The summed E-state index contributed by atoms with van der Waals surface area (Å²) in [6.45, 7) is 0.860. The summed E-state index contributed by atoms with van der Waals surface area (Å²) in [6, 6.07) is 18.7. The largest absolute Gasteiger partial charge is 0.496 e. The number of carbonyl (C=O) groups excluding carboxylic acids is 1. The molecule has 0 heterocycles. The summed E-state index contributed by atoms with van der Waals surface area (Å²) in [5, 5.41) is 16.2. The zero-order valence-corrected chi connectivity index (χ0v) is 15.8. The molecule has 0 aliphatic carbocycles. The summed E-state index contributed by atoms with van der Waals surface area (Å²) in [4.78, 5) is 24.0. The summed E-state index contributed by atoms with van der Waals surface area (Å²) in [5.74, 6) is 0.0790. The van der Waals surface area contributed by atoms with Gasteiger partial charge >= 0.3 is 0 Å². The van der Waals surface area contributed by atoms with Crippen LogP contribution in [0.5, 0.6) is 5.75 Å². The lowest BCUT2D eigenvalue weighted by atomic mass is 10.1. The van der Waals surface area contributed by atoms with E-state index in [4.69, 9.17) is 4.74 Å². The van der Waals surface area contributed by atoms with Crippen LogP contribution < -0.4 is 15.0 Å². The van der Waals surface area contributed by atoms with Gasteiger partial charge in [0, 0.05) is 5.56 Å². The number of likely N-dealkylation sites (N-methyl/N-ethyl adjacent to an activating group) is 1. The molecule has 7 nitrogen and oxygen atoms in total. The lowest BCUT2D eigenvalue weighted by Crippen LogP contribution is -3.08. The number of methoxy groups -OCH3 is 1. The van der Waals surface area contributed by atoms with E-state index < -0.39 is 4.92 Å². The van der Waals surface area contributed by atoms with Crippen molar-refractivity contribution in [3.63, 3.8) is 0 Å². The summed E-state index contributed by atoms with van der Waals surface area (Å²) in [5.41, 5.74) is 1.09. The molecule has 0 radical (unpaired) electrons. The highest BCUT2D eigenvalue weighted by molar-refractivity contribution is 5.93. The molecular formula is C21H22N3O4+. The molecule has 28 heavy (non-hydrogen) atoms. The summed E-state index contributed by atoms with van der Waals surface area (Å²) < 4.78 is 5.01. The SMILES string of the molecule is COc1ccc(NC(=O)C[NH+](C)Cc2ccc3ccccc3c2)c([N+](=O)[O-])c1. The number of nitro benzene ring substituents is 1. The van der Waals surface area contributed by atoms with E-state index in [-0.39, 0.29) is 23.8 Å². The molecule has 0 bridgehead atoms. The van der Waals surface area contributed by atoms with Crippen LogP contribution in [0.1, 0.15) is 5.56 Å². The first-order valence-electron chi connectivity index (χ1n) is 8.87. The van der Waals surface area contributed by atoms with Gasteiger partial charge in [-0.15, -0.1) is 0 Å². The maximum atomic E-state index is 12.4. The number of amides is 1. The van der Waals surface area contributed by atoms with Crippen molar-refractivity contribution in [2.24, 2.45) is 0 Å². The molecule has 0 spiro atoms. The third kappa shape index (κ3) is 4.63. The number of fused-ring (bicyclic) bond motifs is 1. The molecule has 0 aromatic heterocycles. The Morgan fingerprint density at radius 1 is 1.11 bits per heavy atom. The molecule has 3 rings (SSSR count). The van der Waals surface area contributed by atoms with Crippen molar-refractivity contribution in [2.75, 3.05) is 26.0 Å². The summed E-state index contributed by atoms with van der Waals surface area (Å²) in [7, 11) is 3.35. The molecular weight excluding hydrogens is 358 g/mol. The molecule has 7 heteroatoms. The van der Waals surface area contributed by atoms with Crippen molar-refractivity contribution in [3.8, 4) is 5.75 Å². The molecule has 0 aliphatic rings. The fourth-order valence-corrected chi connectivity index (χ4v) is 3.12. The highest BCUT2D eigenvalue weighted by Gasteiger charge is 2.19. The van der Waals surface area contributed by atoms with E-state index in [1.807, 2.05) is 19.2 Å². The number of nitrogens with one attached hydrogen (secondary N) is 2. The third-order valence-corrected chi connectivity index (χ3v) is 4.46. The lowest BCUT2D eigenvalue weighted by Gasteiger charge is -2.14. The predicted molar refractivity (Wildman–Crippen MR) is 108 cm³/mol. The van der Waals surface area contributed by atoms with Crippen molar-refractivity contribution in [2.45, 2.75) is 6.54 Å². The average Bonchev–Trinajstić information content (AvgIpc) is 2.67. The van der Waals surface area contributed by atoms with Crippen LogP contribution in [-0.4, -0.2) is 31.5 Å². The second kappa shape index (κ2) is 8.49. The Bertz CT molecular complexity index is 1020. The fraction of sp³-hybridized carbons (Fsp3) is 0.190. The van der Waals surface area contributed by atoms with E-state index in [1.165, 1.54) is 24.6 Å². The Labute approximate surface area is 162 Å². The minimum Gasteiger partial charge on any atom is -0.496 e. The molecule has 3 aromatic carbocycles. The second-order valence-corrected chi connectivity index (χ2v) is 6.68. The average molecular weight is 380 g/mol. The zero-order chi connectivity index (χ0) is 20.1. The van der Waals surface area contributed by atoms with E-state index in [0.29, 0.717) is 12.3 Å². The van der Waals surface area contributed by atoms with E-state index in [0.717, 1.165) is 15.8 Å². The minimum atomic E-state index is -0.538. The topological polar surface area (TPSA) is 85.9 Å². The number of rotatable bonds is 7. The van der Waals surface area contributed by atoms with E-state index in [9.17, 15) is 14.9 Å². The quantitative estimate of drug-likeness (QED) is 0.487. The smallest absolute Gasteiger partial charge is 0.296 e. The highest BCUT2D eigenvalue weighted by atomic mass is 16.6. The van der Waals surface area contributed by atoms with Crippen molar-refractivity contribution in [1.29, 1.82) is 0 Å². The van der Waals surface area contributed by atoms with Crippen LogP contribution in [0.2, 0.25) is 0 Å². The van der Waals surface area contributed by atoms with Gasteiger partial charge in [0.05, 0.1) is 25.1 Å². The van der Waals surface area contributed by atoms with Crippen LogP contribution in [-0.2, 0) is 11.3 Å². The van der Waals surface area contributed by atoms with Gasteiger partial charge in [-0.2, -0.15) is 0 Å². The van der Waals surface area contributed by atoms with Gasteiger partial charge in [-0.05, 0) is 29.0 Å². The summed E-state index contributed by atoms with van der Waals surface area (Å²) in [6.07, 6.45) is 0. The zero-order valence-electron chi connectivity index (χ0n) is 15.8. The number of nitrogens with zero attached hydrogens (tertiary/aromatic N) is 1. The van der Waals surface area contributed by atoms with Gasteiger partial charge in [0.25, 0.3) is 11.6 Å². The number of carbonyl (C=O) groups is 1. The normalized spacial score (nSPS) is 11.8. The Kier molecular flexibility index (Phi) is 5.86. The molecule has 0 saturated carbocycles. The van der Waals surface area contributed by atoms with Gasteiger partial charge in [-0.1, -0.05) is 36.4 Å². The van der Waals surface area contributed by atoms with Crippen LogP contribution in [0, 0.1) is 10.1 Å². The van der Waals surface area contributed by atoms with Gasteiger partial charge in [0.2, 0.25) is 0 Å². The number of ether oxygens (including phenoxy) is 1. The Hall–Kier alpha value is -3.45. The first-order chi connectivity index (χ1) is 13.5. The van der Waals surface area contributed by atoms with E-state index >= 15 is 0 Å². The molecule has 0 saturated heterocycles. The van der Waals surface area contributed by atoms with Crippen LogP contribution >= 0.6 is 0 Å². The van der Waals surface area contributed by atoms with Crippen LogP contribution in [0.15, 0.2) is 60.7 Å². The van der Waals surface area contributed by atoms with Crippen molar-refractivity contribution in [1.82, 2.24) is 0 Å². The van der Waals surface area contributed by atoms with Crippen LogP contribution in [0.25, 0.3) is 10.8 Å². The predicted octanol–water partition coefficient (Wildman–Crippen LogP) is 2.41. The lowest BCUT2D eigenvalue weighted by molar-refractivity contribution is -0.885. The van der Waals surface area contributed by atoms with Crippen LogP contribution in [0.4, 0.5) is 11.4 Å². The van der Waals surface area contributed by atoms with Crippen LogP contribution in [0.3, 0.4) is 0 Å². The number of benzene rings is 3. The summed E-state index contributed by atoms with van der Waals surface area (Å²) >= 11 is 0. The first kappa shape index (κ1) is 19.3. The Morgan fingerprint density at radius 2 is 1.86 bits per heavy atom. The van der Waals surface area contributed by atoms with Crippen molar-refractivity contribution < 1.29 is 19.4 Å². The Balaban J connectivity index is 1.64. The minimum absolute atomic E-state index is 0.161. The molecule has 144 valence electrons. The molecule has 1 unspecified atom stereocenters. The fourth-order valence-electron chi connectivity index (χ4n) is 3.12. The highest BCUT2D eigenvalue weighted by Crippen LogP contribution is 2.28. The molecule has 1 atom stereocenters. The molecule has 0 aliphatic heterocycles. The van der Waals surface area contributed by atoms with Gasteiger partial charge < -0.3 is 15.0 Å². The number of hydrogen-bond donors (Lipinski definition) is 2. The maximum absolute atomic E-state index is 12.4. The van der Waals surface area contributed by atoms with E-state index in [1.54, 1.807) is 6.07 Å². The van der Waals surface area contributed by atoms with Gasteiger partial charge in [-0.25, -0.2) is 0 Å². The Morgan fingerprint density at radius 3 is 2.57 bits per heavy atom. The number of anilines is 1. The molecule has 3 aromatic rings. The first-order valence-corrected chi connectivity index (χ1v) is 8.87. The molecule has 1 amide bonds. The monoisotopic (exact) mass is 380 g/mol. The van der Waals surface area contributed by atoms with E-state index in [2.05, 4.69) is 35.6 Å². The van der Waals surface area contributed by atoms with Crippen molar-refractivity contribution in [3.05, 3.63) is 76.3 Å². The van der Waals surface area contributed by atoms with Gasteiger partial charge in [0.1, 0.15) is 18.0 Å². The number of quaternary nitrogens is 1.